The summed E-state index contributed by atoms with van der Waals surface area (Å²) in [6.45, 7) is 9.87. The van der Waals surface area contributed by atoms with Crippen LogP contribution in [0.5, 0.6) is 0 Å². The Morgan fingerprint density at radius 2 is 1.52 bits per heavy atom. The molecule has 0 aliphatic heterocycles. The van der Waals surface area contributed by atoms with E-state index in [1.807, 2.05) is 12.1 Å². The lowest BCUT2D eigenvalue weighted by molar-refractivity contribution is 0.307. The molecule has 0 fully saturated rings. The predicted molar refractivity (Wildman–Crippen MR) is 115 cm³/mol. The second kappa shape index (κ2) is 11.6. The number of likely N-dealkylation sites (N-methyl/N-ethyl adjacent to an activating group) is 1. The zero-order valence-electron chi connectivity index (χ0n) is 17.1. The summed E-state index contributed by atoms with van der Waals surface area (Å²) >= 11 is 0. The Kier molecular flexibility index (Phi) is 9.06. The Morgan fingerprint density at radius 3 is 2.11 bits per heavy atom. The molecule has 0 aliphatic carbocycles. The van der Waals surface area contributed by atoms with Crippen LogP contribution in [0.1, 0.15) is 55.4 Å². The first-order valence-corrected chi connectivity index (χ1v) is 10.2. The maximum Gasteiger partial charge on any atom is 0.0867 e. The summed E-state index contributed by atoms with van der Waals surface area (Å²) in [7, 11) is 0. The van der Waals surface area contributed by atoms with Crippen molar-refractivity contribution in [3.63, 3.8) is 0 Å². The highest BCUT2D eigenvalue weighted by Crippen LogP contribution is 2.16. The van der Waals surface area contributed by atoms with Gasteiger partial charge >= 0.3 is 0 Å². The summed E-state index contributed by atoms with van der Waals surface area (Å²) in [5, 5.41) is 12.9. The molecule has 3 nitrogen and oxygen atoms in total. The second-order valence-electron chi connectivity index (χ2n) is 7.17. The van der Waals surface area contributed by atoms with E-state index in [0.717, 1.165) is 63.0 Å². The van der Waals surface area contributed by atoms with Crippen molar-refractivity contribution < 1.29 is 5.21 Å². The average Bonchev–Trinajstić information content (AvgIpc) is 2.70. The van der Waals surface area contributed by atoms with Crippen molar-refractivity contribution in [1.29, 1.82) is 0 Å². The first kappa shape index (κ1) is 21.2. The summed E-state index contributed by atoms with van der Waals surface area (Å²) in [6.07, 6.45) is 5.14. The molecule has 0 spiro atoms. The third-order valence-electron chi connectivity index (χ3n) is 5.33. The molecular formula is C24H34N2O. The summed E-state index contributed by atoms with van der Waals surface area (Å²) in [5.74, 6) is 0. The van der Waals surface area contributed by atoms with Crippen molar-refractivity contribution in [3.8, 4) is 0 Å². The number of nitrogens with zero attached hydrogens (tertiary/aromatic N) is 2. The van der Waals surface area contributed by atoms with Gasteiger partial charge in [-0.2, -0.15) is 0 Å². The topological polar surface area (TPSA) is 35.8 Å². The third-order valence-corrected chi connectivity index (χ3v) is 5.33. The fraction of sp³-hybridized carbons (Fsp3) is 0.458. The molecule has 0 amide bonds. The van der Waals surface area contributed by atoms with Gasteiger partial charge in [0.2, 0.25) is 0 Å². The Bertz CT molecular complexity index is 703. The van der Waals surface area contributed by atoms with Crippen molar-refractivity contribution in [2.45, 2.75) is 52.9 Å². The minimum Gasteiger partial charge on any atom is -0.411 e. The lowest BCUT2D eigenvalue weighted by atomic mass is 9.97. The first-order chi connectivity index (χ1) is 13.2. The number of aryl methyl sites for hydroxylation is 2. The van der Waals surface area contributed by atoms with Crippen LogP contribution in [0.25, 0.3) is 0 Å². The monoisotopic (exact) mass is 366 g/mol. The van der Waals surface area contributed by atoms with Gasteiger partial charge in [-0.25, -0.2) is 0 Å². The SMILES string of the molecule is CCN(CC)CCc1ccccc1CCCCC(=NO)c1ccc(C)cc1. The largest absolute Gasteiger partial charge is 0.411 e. The maximum atomic E-state index is 9.36. The fourth-order valence-corrected chi connectivity index (χ4v) is 3.47. The molecule has 2 aromatic rings. The Balaban J connectivity index is 1.85. The molecule has 0 atom stereocenters. The van der Waals surface area contributed by atoms with Crippen molar-refractivity contribution in [2.24, 2.45) is 5.16 Å². The third kappa shape index (κ3) is 6.84. The molecule has 1 N–H and O–H groups in total. The van der Waals surface area contributed by atoms with Crippen molar-refractivity contribution in [3.05, 3.63) is 70.8 Å². The molecule has 0 aliphatic rings. The highest BCUT2D eigenvalue weighted by Gasteiger charge is 2.07. The average molecular weight is 367 g/mol. The lowest BCUT2D eigenvalue weighted by Gasteiger charge is -2.19. The van der Waals surface area contributed by atoms with Crippen LogP contribution in [0.4, 0.5) is 0 Å². The first-order valence-electron chi connectivity index (χ1n) is 10.2. The molecule has 0 heterocycles. The summed E-state index contributed by atoms with van der Waals surface area (Å²) in [6, 6.07) is 17.0. The van der Waals surface area contributed by atoms with E-state index in [1.54, 1.807) is 0 Å². The molecule has 0 unspecified atom stereocenters. The van der Waals surface area contributed by atoms with E-state index in [4.69, 9.17) is 0 Å². The molecule has 0 saturated carbocycles. The van der Waals surface area contributed by atoms with E-state index in [-0.39, 0.29) is 0 Å². The van der Waals surface area contributed by atoms with E-state index < -0.39 is 0 Å². The second-order valence-corrected chi connectivity index (χ2v) is 7.17. The number of rotatable bonds is 11. The van der Waals surface area contributed by atoms with Gasteiger partial charge in [0.15, 0.2) is 0 Å². The fourth-order valence-electron chi connectivity index (χ4n) is 3.47. The van der Waals surface area contributed by atoms with Crippen LogP contribution in [-0.4, -0.2) is 35.5 Å². The molecule has 0 bridgehead atoms. The molecule has 0 saturated heterocycles. The van der Waals surface area contributed by atoms with Gasteiger partial charge in [0, 0.05) is 6.54 Å². The normalized spacial score (nSPS) is 11.9. The predicted octanol–water partition coefficient (Wildman–Crippen LogP) is 5.47. The van der Waals surface area contributed by atoms with Gasteiger partial charge in [0.05, 0.1) is 5.71 Å². The van der Waals surface area contributed by atoms with Gasteiger partial charge in [0.25, 0.3) is 0 Å². The summed E-state index contributed by atoms with van der Waals surface area (Å²) in [5.41, 5.74) is 5.95. The van der Waals surface area contributed by atoms with E-state index in [9.17, 15) is 5.21 Å². The minimum absolute atomic E-state index is 0.782. The van der Waals surface area contributed by atoms with Gasteiger partial charge in [-0.05, 0) is 68.8 Å². The van der Waals surface area contributed by atoms with Crippen LogP contribution < -0.4 is 0 Å². The standard InChI is InChI=1S/C24H34N2O/c1-4-26(5-2)19-18-22-12-7-6-10-21(22)11-8-9-13-24(25-27)23-16-14-20(3)15-17-23/h6-7,10,12,14-17,27H,4-5,8-9,11,13,18-19H2,1-3H3. The molecule has 3 heteroatoms. The van der Waals surface area contributed by atoms with Gasteiger partial charge in [-0.1, -0.05) is 73.1 Å². The van der Waals surface area contributed by atoms with E-state index in [0.29, 0.717) is 0 Å². The zero-order chi connectivity index (χ0) is 19.5. The minimum atomic E-state index is 0.782. The van der Waals surface area contributed by atoms with Crippen LogP contribution in [0.15, 0.2) is 53.7 Å². The zero-order valence-corrected chi connectivity index (χ0v) is 17.1. The van der Waals surface area contributed by atoms with Crippen molar-refractivity contribution in [2.75, 3.05) is 19.6 Å². The van der Waals surface area contributed by atoms with Crippen molar-refractivity contribution >= 4 is 5.71 Å². The van der Waals surface area contributed by atoms with E-state index in [2.05, 4.69) is 67.2 Å². The number of benzene rings is 2. The van der Waals surface area contributed by atoms with Gasteiger partial charge < -0.3 is 10.1 Å². The van der Waals surface area contributed by atoms with E-state index in [1.165, 1.54) is 16.7 Å². The van der Waals surface area contributed by atoms with Crippen LogP contribution >= 0.6 is 0 Å². The molecule has 0 aromatic heterocycles. The number of oxime groups is 1. The molecule has 27 heavy (non-hydrogen) atoms. The summed E-state index contributed by atoms with van der Waals surface area (Å²) in [4.78, 5) is 2.47. The highest BCUT2D eigenvalue weighted by atomic mass is 16.4. The molecule has 0 radical (unpaired) electrons. The molecule has 2 rings (SSSR count). The maximum absolute atomic E-state index is 9.36. The van der Waals surface area contributed by atoms with Crippen LogP contribution in [0.2, 0.25) is 0 Å². The molecule has 2 aromatic carbocycles. The summed E-state index contributed by atoms with van der Waals surface area (Å²) < 4.78 is 0. The van der Waals surface area contributed by atoms with Gasteiger partial charge in [-0.3, -0.25) is 0 Å². The van der Waals surface area contributed by atoms with Crippen molar-refractivity contribution in [1.82, 2.24) is 4.90 Å². The smallest absolute Gasteiger partial charge is 0.0867 e. The number of hydrogen-bond donors (Lipinski definition) is 1. The van der Waals surface area contributed by atoms with Crippen LogP contribution in [-0.2, 0) is 12.8 Å². The molecule has 146 valence electrons. The molecular weight excluding hydrogens is 332 g/mol. The quantitative estimate of drug-likeness (QED) is 0.248. The van der Waals surface area contributed by atoms with E-state index >= 15 is 0 Å². The number of hydrogen-bond acceptors (Lipinski definition) is 3. The van der Waals surface area contributed by atoms with Crippen LogP contribution in [0, 0.1) is 6.92 Å². The Morgan fingerprint density at radius 1 is 0.889 bits per heavy atom. The van der Waals surface area contributed by atoms with Gasteiger partial charge in [-0.15, -0.1) is 0 Å². The van der Waals surface area contributed by atoms with Crippen LogP contribution in [0.3, 0.4) is 0 Å². The Labute approximate surface area is 164 Å². The lowest BCUT2D eigenvalue weighted by Crippen LogP contribution is -2.25. The number of unbranched alkanes of at least 4 members (excludes halogenated alkanes) is 1. The van der Waals surface area contributed by atoms with Gasteiger partial charge in [0.1, 0.15) is 0 Å². The Hall–Kier alpha value is -2.13. The highest BCUT2D eigenvalue weighted by molar-refractivity contribution is 6.00.